The molecule has 1 saturated heterocycles. The number of hydrogen-bond acceptors (Lipinski definition) is 4. The Morgan fingerprint density at radius 3 is 2.83 bits per heavy atom. The quantitative estimate of drug-likeness (QED) is 0.473. The number of rotatable bonds is 6. The summed E-state index contributed by atoms with van der Waals surface area (Å²) in [6, 6.07) is 12.7. The number of piperidine rings is 1. The molecule has 2 N–H and O–H groups in total. The maximum atomic E-state index is 12.8. The lowest BCUT2D eigenvalue weighted by molar-refractivity contribution is -0.384. The molecule has 0 aliphatic carbocycles. The van der Waals surface area contributed by atoms with Crippen LogP contribution in [0.5, 0.6) is 0 Å². The van der Waals surface area contributed by atoms with E-state index in [1.54, 1.807) is 12.3 Å². The second kappa shape index (κ2) is 8.67. The Morgan fingerprint density at radius 2 is 2.07 bits per heavy atom. The average molecular weight is 406 g/mol. The van der Waals surface area contributed by atoms with Crippen molar-refractivity contribution in [2.75, 3.05) is 13.1 Å². The molecule has 1 aromatic heterocycles. The molecule has 1 fully saturated rings. The summed E-state index contributed by atoms with van der Waals surface area (Å²) in [5.74, 6) is 0.472. The van der Waals surface area contributed by atoms with Crippen molar-refractivity contribution in [3.05, 3.63) is 75.5 Å². The Labute approximate surface area is 175 Å². The van der Waals surface area contributed by atoms with Crippen molar-refractivity contribution in [2.45, 2.75) is 32.9 Å². The van der Waals surface area contributed by atoms with Gasteiger partial charge in [-0.05, 0) is 42.5 Å². The topological polar surface area (TPSA) is 91.3 Å². The zero-order valence-corrected chi connectivity index (χ0v) is 17.1. The molecule has 1 amide bonds. The number of H-pyrrole nitrogens is 1. The van der Waals surface area contributed by atoms with Crippen molar-refractivity contribution >= 4 is 22.5 Å². The highest BCUT2D eigenvalue weighted by Gasteiger charge is 2.18. The van der Waals surface area contributed by atoms with E-state index in [1.807, 2.05) is 18.2 Å². The monoisotopic (exact) mass is 406 g/mol. The fourth-order valence-electron chi connectivity index (χ4n) is 4.24. The third kappa shape index (κ3) is 4.36. The van der Waals surface area contributed by atoms with Crippen LogP contribution in [0.3, 0.4) is 0 Å². The molecule has 30 heavy (non-hydrogen) atoms. The maximum Gasteiger partial charge on any atom is 0.270 e. The molecule has 2 heterocycles. The zero-order chi connectivity index (χ0) is 21.1. The standard InChI is InChI=1S/C23H26N4O3/c1-16-5-4-10-26(14-16)15-18-7-3-2-6-17(18)12-25-23(28)21-13-24-22-9-8-19(27(29)30)11-20(21)22/h2-3,6-9,11,13,16,24H,4-5,10,12,14-15H2,1H3,(H,25,28). The fourth-order valence-corrected chi connectivity index (χ4v) is 4.24. The molecule has 1 aliphatic rings. The van der Waals surface area contributed by atoms with Crippen LogP contribution >= 0.6 is 0 Å². The number of nitro benzene ring substituents is 1. The van der Waals surface area contributed by atoms with Crippen molar-refractivity contribution in [2.24, 2.45) is 5.92 Å². The average Bonchev–Trinajstić information content (AvgIpc) is 3.16. The number of amides is 1. The minimum Gasteiger partial charge on any atom is -0.360 e. The molecule has 0 radical (unpaired) electrons. The number of nitrogens with zero attached hydrogens (tertiary/aromatic N) is 2. The molecule has 3 aromatic rings. The first-order valence-corrected chi connectivity index (χ1v) is 10.3. The summed E-state index contributed by atoms with van der Waals surface area (Å²) in [5, 5.41) is 14.6. The van der Waals surface area contributed by atoms with Gasteiger partial charge in [0.2, 0.25) is 0 Å². The Balaban J connectivity index is 1.47. The van der Waals surface area contributed by atoms with E-state index in [1.165, 1.54) is 30.5 Å². The molecule has 1 unspecified atom stereocenters. The van der Waals surface area contributed by atoms with Gasteiger partial charge < -0.3 is 10.3 Å². The van der Waals surface area contributed by atoms with Gasteiger partial charge in [-0.15, -0.1) is 0 Å². The molecule has 1 aliphatic heterocycles. The van der Waals surface area contributed by atoms with Crippen LogP contribution < -0.4 is 5.32 Å². The second-order valence-electron chi connectivity index (χ2n) is 8.12. The lowest BCUT2D eigenvalue weighted by Gasteiger charge is -2.31. The zero-order valence-electron chi connectivity index (χ0n) is 17.1. The van der Waals surface area contributed by atoms with Crippen molar-refractivity contribution in [3.63, 3.8) is 0 Å². The number of nitrogens with one attached hydrogen (secondary N) is 2. The molecule has 0 spiro atoms. The number of likely N-dealkylation sites (tertiary alicyclic amines) is 1. The molecule has 4 rings (SSSR count). The summed E-state index contributed by atoms with van der Waals surface area (Å²) >= 11 is 0. The smallest absolute Gasteiger partial charge is 0.270 e. The van der Waals surface area contributed by atoms with Crippen molar-refractivity contribution in [3.8, 4) is 0 Å². The van der Waals surface area contributed by atoms with Gasteiger partial charge in [-0.3, -0.25) is 19.8 Å². The van der Waals surface area contributed by atoms with Crippen molar-refractivity contribution < 1.29 is 9.72 Å². The number of non-ortho nitro benzene ring substituents is 1. The first-order valence-electron chi connectivity index (χ1n) is 10.3. The number of benzene rings is 2. The Hall–Kier alpha value is -3.19. The number of nitro groups is 1. The molecule has 7 nitrogen and oxygen atoms in total. The van der Waals surface area contributed by atoms with E-state index >= 15 is 0 Å². The predicted molar refractivity (Wildman–Crippen MR) is 116 cm³/mol. The highest BCUT2D eigenvalue weighted by atomic mass is 16.6. The molecule has 2 aromatic carbocycles. The number of fused-ring (bicyclic) bond motifs is 1. The highest BCUT2D eigenvalue weighted by Crippen LogP contribution is 2.24. The van der Waals surface area contributed by atoms with Gasteiger partial charge in [0.1, 0.15) is 0 Å². The third-order valence-electron chi connectivity index (χ3n) is 5.81. The van der Waals surface area contributed by atoms with E-state index in [9.17, 15) is 14.9 Å². The predicted octanol–water partition coefficient (Wildman–Crippen LogP) is 4.24. The van der Waals surface area contributed by atoms with Gasteiger partial charge >= 0.3 is 0 Å². The summed E-state index contributed by atoms with van der Waals surface area (Å²) in [6.07, 6.45) is 4.12. The fraction of sp³-hybridized carbons (Fsp3) is 0.348. The van der Waals surface area contributed by atoms with Gasteiger partial charge in [0.15, 0.2) is 0 Å². The van der Waals surface area contributed by atoms with E-state index < -0.39 is 4.92 Å². The van der Waals surface area contributed by atoms with Crippen LogP contribution in [0.4, 0.5) is 5.69 Å². The van der Waals surface area contributed by atoms with Crippen LogP contribution in [-0.4, -0.2) is 33.8 Å². The van der Waals surface area contributed by atoms with Crippen LogP contribution in [-0.2, 0) is 13.1 Å². The summed E-state index contributed by atoms with van der Waals surface area (Å²) < 4.78 is 0. The first kappa shape index (κ1) is 20.1. The molecule has 0 saturated carbocycles. The molecule has 0 bridgehead atoms. The van der Waals surface area contributed by atoms with Gasteiger partial charge in [0.25, 0.3) is 11.6 Å². The SMILES string of the molecule is CC1CCCN(Cc2ccccc2CNC(=O)c2c[nH]c3ccc([N+](=O)[O-])cc23)C1. The van der Waals surface area contributed by atoms with E-state index in [0.717, 1.165) is 31.1 Å². The molecule has 7 heteroatoms. The van der Waals surface area contributed by atoms with Crippen LogP contribution in [0.1, 0.15) is 41.3 Å². The number of aromatic amines is 1. The molecule has 156 valence electrons. The molecular formula is C23H26N4O3. The van der Waals surface area contributed by atoms with E-state index in [2.05, 4.69) is 28.2 Å². The third-order valence-corrected chi connectivity index (χ3v) is 5.81. The summed E-state index contributed by atoms with van der Waals surface area (Å²) in [5.41, 5.74) is 3.40. The van der Waals surface area contributed by atoms with E-state index in [0.29, 0.717) is 23.0 Å². The van der Waals surface area contributed by atoms with E-state index in [-0.39, 0.29) is 11.6 Å². The van der Waals surface area contributed by atoms with Gasteiger partial charge in [0, 0.05) is 48.9 Å². The first-order chi connectivity index (χ1) is 14.5. The summed E-state index contributed by atoms with van der Waals surface area (Å²) in [4.78, 5) is 28.9. The minimum absolute atomic E-state index is 0.0303. The van der Waals surface area contributed by atoms with Crippen LogP contribution in [0, 0.1) is 16.0 Å². The molecule has 1 atom stereocenters. The number of carbonyl (C=O) groups is 1. The van der Waals surface area contributed by atoms with Gasteiger partial charge in [-0.2, -0.15) is 0 Å². The lowest BCUT2D eigenvalue weighted by atomic mass is 9.99. The van der Waals surface area contributed by atoms with Gasteiger partial charge in [0.05, 0.1) is 10.5 Å². The van der Waals surface area contributed by atoms with Crippen molar-refractivity contribution in [1.82, 2.24) is 15.2 Å². The van der Waals surface area contributed by atoms with Crippen molar-refractivity contribution in [1.29, 1.82) is 0 Å². The number of carbonyl (C=O) groups excluding carboxylic acids is 1. The Morgan fingerprint density at radius 1 is 1.27 bits per heavy atom. The summed E-state index contributed by atoms with van der Waals surface area (Å²) in [7, 11) is 0. The minimum atomic E-state index is -0.453. The Kier molecular flexibility index (Phi) is 5.81. The summed E-state index contributed by atoms with van der Waals surface area (Å²) in [6.45, 7) is 5.81. The van der Waals surface area contributed by atoms with E-state index in [4.69, 9.17) is 0 Å². The van der Waals surface area contributed by atoms with Gasteiger partial charge in [-0.25, -0.2) is 0 Å². The molecular weight excluding hydrogens is 380 g/mol. The lowest BCUT2D eigenvalue weighted by Crippen LogP contribution is -2.34. The number of hydrogen-bond donors (Lipinski definition) is 2. The Bertz CT molecular complexity index is 1080. The number of aromatic nitrogens is 1. The van der Waals surface area contributed by atoms with Crippen LogP contribution in [0.25, 0.3) is 10.9 Å². The van der Waals surface area contributed by atoms with Crippen LogP contribution in [0.15, 0.2) is 48.7 Å². The maximum absolute atomic E-state index is 12.8. The van der Waals surface area contributed by atoms with Crippen LogP contribution in [0.2, 0.25) is 0 Å². The second-order valence-corrected chi connectivity index (χ2v) is 8.12. The largest absolute Gasteiger partial charge is 0.360 e. The highest BCUT2D eigenvalue weighted by molar-refractivity contribution is 6.07. The van der Waals surface area contributed by atoms with Gasteiger partial charge in [-0.1, -0.05) is 31.2 Å². The normalized spacial score (nSPS) is 17.2.